The number of benzene rings is 1. The van der Waals surface area contributed by atoms with Crippen LogP contribution in [0.4, 0.5) is 0 Å². The fourth-order valence-corrected chi connectivity index (χ4v) is 4.12. The lowest BCUT2D eigenvalue weighted by molar-refractivity contribution is -0.121. The highest BCUT2D eigenvalue weighted by Gasteiger charge is 2.35. The zero-order valence-electron chi connectivity index (χ0n) is 10.4. The number of amides is 1. The number of rotatable bonds is 3. The van der Waals surface area contributed by atoms with Crippen molar-refractivity contribution in [3.05, 3.63) is 28.8 Å². The van der Waals surface area contributed by atoms with Crippen LogP contribution in [-0.4, -0.2) is 31.7 Å². The van der Waals surface area contributed by atoms with Crippen molar-refractivity contribution in [2.75, 3.05) is 13.1 Å². The van der Waals surface area contributed by atoms with Crippen LogP contribution in [0.25, 0.3) is 0 Å². The van der Waals surface area contributed by atoms with Crippen LogP contribution >= 0.6 is 11.6 Å². The number of nitrogens with two attached hydrogens (primary N) is 1. The molecule has 0 spiro atoms. The first-order valence-electron chi connectivity index (χ1n) is 5.85. The van der Waals surface area contributed by atoms with Crippen molar-refractivity contribution in [1.29, 1.82) is 5.26 Å². The summed E-state index contributed by atoms with van der Waals surface area (Å²) in [5.74, 6) is -0.976. The molecule has 1 aromatic rings. The Labute approximate surface area is 121 Å². The maximum Gasteiger partial charge on any atom is 0.244 e. The monoisotopic (exact) mass is 313 g/mol. The van der Waals surface area contributed by atoms with Crippen LogP contribution in [0.3, 0.4) is 0 Å². The zero-order chi connectivity index (χ0) is 14.9. The van der Waals surface area contributed by atoms with Gasteiger partial charge >= 0.3 is 0 Å². The van der Waals surface area contributed by atoms with E-state index in [0.717, 1.165) is 0 Å². The molecule has 106 valence electrons. The predicted molar refractivity (Wildman–Crippen MR) is 72.2 cm³/mol. The van der Waals surface area contributed by atoms with E-state index in [1.165, 1.54) is 22.5 Å². The number of carbonyl (C=O) groups excluding carboxylic acids is 1. The molecule has 0 aliphatic carbocycles. The van der Waals surface area contributed by atoms with E-state index >= 15 is 0 Å². The van der Waals surface area contributed by atoms with Gasteiger partial charge < -0.3 is 5.73 Å². The van der Waals surface area contributed by atoms with Gasteiger partial charge in [0.05, 0.1) is 22.6 Å². The highest BCUT2D eigenvalue weighted by molar-refractivity contribution is 7.89. The summed E-state index contributed by atoms with van der Waals surface area (Å²) in [5.41, 5.74) is 5.47. The number of halogens is 1. The summed E-state index contributed by atoms with van der Waals surface area (Å²) in [7, 11) is -3.78. The Morgan fingerprint density at radius 3 is 2.70 bits per heavy atom. The van der Waals surface area contributed by atoms with Crippen LogP contribution in [0, 0.1) is 17.2 Å². The smallest absolute Gasteiger partial charge is 0.244 e. The highest BCUT2D eigenvalue weighted by Crippen LogP contribution is 2.29. The molecule has 1 heterocycles. The molecule has 0 saturated carbocycles. The topological polar surface area (TPSA) is 104 Å². The third-order valence-corrected chi connectivity index (χ3v) is 5.58. The van der Waals surface area contributed by atoms with Crippen LogP contribution in [0.1, 0.15) is 12.0 Å². The van der Waals surface area contributed by atoms with Crippen molar-refractivity contribution >= 4 is 27.5 Å². The molecule has 2 N–H and O–H groups in total. The Morgan fingerprint density at radius 1 is 1.50 bits per heavy atom. The quantitative estimate of drug-likeness (QED) is 0.887. The van der Waals surface area contributed by atoms with Gasteiger partial charge in [0.25, 0.3) is 0 Å². The third-order valence-electron chi connectivity index (χ3n) is 3.23. The molecule has 2 rings (SSSR count). The minimum atomic E-state index is -3.78. The zero-order valence-corrected chi connectivity index (χ0v) is 12.0. The Hall–Kier alpha value is -1.62. The summed E-state index contributed by atoms with van der Waals surface area (Å²) >= 11 is 5.92. The van der Waals surface area contributed by atoms with Crippen molar-refractivity contribution in [3.63, 3.8) is 0 Å². The average Bonchev–Trinajstić information content (AvgIpc) is 2.88. The van der Waals surface area contributed by atoms with Crippen molar-refractivity contribution < 1.29 is 13.2 Å². The number of sulfonamides is 1. The lowest BCUT2D eigenvalue weighted by Crippen LogP contribution is -2.32. The number of nitriles is 1. The standard InChI is InChI=1S/C12H12ClN3O3S/c13-10-5-8(6-14)1-2-11(10)20(18,19)16-4-3-9(7-16)12(15)17/h1-2,5,9H,3-4,7H2,(H2,15,17). The second-order valence-electron chi connectivity index (χ2n) is 4.51. The summed E-state index contributed by atoms with van der Waals surface area (Å²) in [5, 5.41) is 8.74. The van der Waals surface area contributed by atoms with Crippen molar-refractivity contribution in [1.82, 2.24) is 4.31 Å². The first kappa shape index (κ1) is 14.8. The summed E-state index contributed by atoms with van der Waals surface area (Å²) in [6.07, 6.45) is 0.405. The lowest BCUT2D eigenvalue weighted by atomic mass is 10.1. The molecule has 0 radical (unpaired) electrons. The van der Waals surface area contributed by atoms with Gasteiger partial charge in [-0.05, 0) is 24.6 Å². The Kier molecular flexibility index (Phi) is 3.99. The molecule has 1 aromatic carbocycles. The van der Waals surface area contributed by atoms with Gasteiger partial charge in [-0.1, -0.05) is 11.6 Å². The molecule has 1 amide bonds. The number of primary amides is 1. The number of hydrogen-bond acceptors (Lipinski definition) is 4. The van der Waals surface area contributed by atoms with Crippen molar-refractivity contribution in [2.45, 2.75) is 11.3 Å². The predicted octanol–water partition coefficient (Wildman–Crippen LogP) is 0.708. The Bertz CT molecular complexity index is 696. The van der Waals surface area contributed by atoms with E-state index in [1.807, 2.05) is 6.07 Å². The third kappa shape index (κ3) is 2.63. The van der Waals surface area contributed by atoms with Gasteiger partial charge in [0.15, 0.2) is 0 Å². The maximum atomic E-state index is 12.4. The van der Waals surface area contributed by atoms with E-state index in [0.29, 0.717) is 6.42 Å². The Morgan fingerprint density at radius 2 is 2.20 bits per heavy atom. The summed E-state index contributed by atoms with van der Waals surface area (Å²) in [4.78, 5) is 11.0. The van der Waals surface area contributed by atoms with Crippen LogP contribution in [0.5, 0.6) is 0 Å². The summed E-state index contributed by atoms with van der Waals surface area (Å²) in [6, 6.07) is 5.87. The molecule has 1 saturated heterocycles. The minimum absolute atomic E-state index is 0.00780. The normalized spacial score (nSPS) is 19.7. The number of nitrogens with zero attached hydrogens (tertiary/aromatic N) is 2. The van der Waals surface area contributed by atoms with Gasteiger partial charge in [-0.3, -0.25) is 4.79 Å². The van der Waals surface area contributed by atoms with E-state index < -0.39 is 21.8 Å². The van der Waals surface area contributed by atoms with E-state index in [4.69, 9.17) is 22.6 Å². The van der Waals surface area contributed by atoms with Crippen molar-refractivity contribution in [3.8, 4) is 6.07 Å². The SMILES string of the molecule is N#Cc1ccc(S(=O)(=O)N2CCC(C(N)=O)C2)c(Cl)c1. The maximum absolute atomic E-state index is 12.4. The van der Waals surface area contributed by atoms with Crippen LogP contribution in [-0.2, 0) is 14.8 Å². The van der Waals surface area contributed by atoms with Gasteiger partial charge in [-0.25, -0.2) is 8.42 Å². The van der Waals surface area contributed by atoms with Crippen LogP contribution < -0.4 is 5.73 Å². The molecule has 1 atom stereocenters. The average molecular weight is 314 g/mol. The molecular formula is C12H12ClN3O3S. The Balaban J connectivity index is 2.33. The molecule has 6 nitrogen and oxygen atoms in total. The van der Waals surface area contributed by atoms with Gasteiger partial charge in [0, 0.05) is 13.1 Å². The van der Waals surface area contributed by atoms with E-state index in [-0.39, 0.29) is 28.6 Å². The second kappa shape index (κ2) is 5.40. The summed E-state index contributed by atoms with van der Waals surface area (Å²) in [6.45, 7) is 0.292. The van der Waals surface area contributed by atoms with Crippen LogP contribution in [0.15, 0.2) is 23.1 Å². The molecular weight excluding hydrogens is 302 g/mol. The molecule has 1 aliphatic heterocycles. The fourth-order valence-electron chi connectivity index (χ4n) is 2.10. The van der Waals surface area contributed by atoms with Crippen LogP contribution in [0.2, 0.25) is 5.02 Å². The first-order chi connectivity index (χ1) is 9.36. The lowest BCUT2D eigenvalue weighted by Gasteiger charge is -2.17. The highest BCUT2D eigenvalue weighted by atomic mass is 35.5. The van der Waals surface area contributed by atoms with Gasteiger partial charge in [0.2, 0.25) is 15.9 Å². The first-order valence-corrected chi connectivity index (χ1v) is 7.67. The summed E-state index contributed by atoms with van der Waals surface area (Å²) < 4.78 is 26.0. The van der Waals surface area contributed by atoms with Gasteiger partial charge in [-0.2, -0.15) is 9.57 Å². The van der Waals surface area contributed by atoms with E-state index in [1.54, 1.807) is 0 Å². The van der Waals surface area contributed by atoms with Gasteiger partial charge in [0.1, 0.15) is 4.90 Å². The molecule has 20 heavy (non-hydrogen) atoms. The second-order valence-corrected chi connectivity index (χ2v) is 6.82. The number of carbonyl (C=O) groups is 1. The van der Waals surface area contributed by atoms with Crippen molar-refractivity contribution in [2.24, 2.45) is 11.7 Å². The largest absolute Gasteiger partial charge is 0.369 e. The fraction of sp³-hybridized carbons (Fsp3) is 0.333. The van der Waals surface area contributed by atoms with E-state index in [2.05, 4.69) is 0 Å². The van der Waals surface area contributed by atoms with Gasteiger partial charge in [-0.15, -0.1) is 0 Å². The molecule has 1 fully saturated rings. The molecule has 1 aliphatic rings. The molecule has 1 unspecified atom stereocenters. The molecule has 8 heteroatoms. The molecule has 0 bridgehead atoms. The number of hydrogen-bond donors (Lipinski definition) is 1. The minimum Gasteiger partial charge on any atom is -0.369 e. The van der Waals surface area contributed by atoms with E-state index in [9.17, 15) is 13.2 Å². The molecule has 0 aromatic heterocycles.